The van der Waals surface area contributed by atoms with Crippen LogP contribution in [0.3, 0.4) is 0 Å². The van der Waals surface area contributed by atoms with E-state index in [1.807, 2.05) is 37.3 Å². The van der Waals surface area contributed by atoms with Crippen LogP contribution < -0.4 is 14.4 Å². The van der Waals surface area contributed by atoms with E-state index in [0.29, 0.717) is 32.4 Å². The molecule has 1 fully saturated rings. The van der Waals surface area contributed by atoms with E-state index >= 15 is 0 Å². The van der Waals surface area contributed by atoms with Gasteiger partial charge in [-0.05, 0) is 91.6 Å². The normalized spacial score (nSPS) is 14.1. The summed E-state index contributed by atoms with van der Waals surface area (Å²) in [7, 11) is -4.25. The molecule has 4 aromatic carbocycles. The number of nitrogens with one attached hydrogen (secondary N) is 1. The van der Waals surface area contributed by atoms with Crippen molar-refractivity contribution in [2.45, 2.75) is 69.0 Å². The molecule has 5 rings (SSSR count). The molecule has 1 atom stereocenters. The van der Waals surface area contributed by atoms with Gasteiger partial charge in [0.1, 0.15) is 18.3 Å². The molecule has 0 radical (unpaired) electrons. The third-order valence-electron chi connectivity index (χ3n) is 8.68. The zero-order valence-corrected chi connectivity index (χ0v) is 31.6. The molecule has 12 heteroatoms. The van der Waals surface area contributed by atoms with Gasteiger partial charge in [-0.1, -0.05) is 94.8 Å². The fourth-order valence-electron chi connectivity index (χ4n) is 6.07. The first kappa shape index (κ1) is 37.7. The largest absolute Gasteiger partial charge is 0.494 e. The van der Waals surface area contributed by atoms with Gasteiger partial charge in [-0.3, -0.25) is 13.9 Å². The van der Waals surface area contributed by atoms with Crippen molar-refractivity contribution >= 4 is 66.7 Å². The molecule has 1 unspecified atom stereocenters. The molecule has 0 bridgehead atoms. The minimum absolute atomic E-state index is 0.00501. The lowest BCUT2D eigenvalue weighted by Gasteiger charge is -2.35. The molecule has 0 aliphatic heterocycles. The van der Waals surface area contributed by atoms with E-state index in [1.54, 1.807) is 54.6 Å². The van der Waals surface area contributed by atoms with Crippen molar-refractivity contribution in [2.24, 2.45) is 0 Å². The Hall–Kier alpha value is -3.57. The summed E-state index contributed by atoms with van der Waals surface area (Å²) in [5.41, 5.74) is 1.76. The van der Waals surface area contributed by atoms with E-state index < -0.39 is 28.5 Å². The highest BCUT2D eigenvalue weighted by Gasteiger charge is 2.35. The molecule has 4 aromatic rings. The van der Waals surface area contributed by atoms with E-state index in [9.17, 15) is 18.0 Å². The van der Waals surface area contributed by atoms with Crippen LogP contribution in [0.1, 0.15) is 50.2 Å². The Morgan fingerprint density at radius 2 is 1.56 bits per heavy atom. The minimum Gasteiger partial charge on any atom is -0.494 e. The van der Waals surface area contributed by atoms with Crippen molar-refractivity contribution in [1.29, 1.82) is 0 Å². The SMILES string of the molecule is CCOc1ccc(N(CC(=O)N(Cc2ccc(Cl)c(Cl)c2)C(Cc2ccccc2)C(=O)NC2CCCCC2)S(=O)(=O)c2ccc(Br)cc2)cc1. The minimum atomic E-state index is -4.25. The van der Waals surface area contributed by atoms with Crippen LogP contribution in [0.2, 0.25) is 10.0 Å². The number of halogens is 3. The van der Waals surface area contributed by atoms with Gasteiger partial charge in [0.15, 0.2) is 0 Å². The maximum absolute atomic E-state index is 14.8. The monoisotopic (exact) mass is 799 g/mol. The topological polar surface area (TPSA) is 96.0 Å². The summed E-state index contributed by atoms with van der Waals surface area (Å²) < 4.78 is 36.0. The molecule has 1 aliphatic carbocycles. The molecule has 0 saturated heterocycles. The predicted octanol–water partition coefficient (Wildman–Crippen LogP) is 8.44. The molecule has 1 aliphatic rings. The summed E-state index contributed by atoms with van der Waals surface area (Å²) in [5, 5.41) is 3.87. The van der Waals surface area contributed by atoms with E-state index in [-0.39, 0.29) is 35.5 Å². The van der Waals surface area contributed by atoms with Crippen molar-refractivity contribution in [1.82, 2.24) is 10.2 Å². The number of anilines is 1. The van der Waals surface area contributed by atoms with E-state index in [1.165, 1.54) is 17.0 Å². The van der Waals surface area contributed by atoms with Gasteiger partial charge in [0.25, 0.3) is 10.0 Å². The summed E-state index contributed by atoms with van der Waals surface area (Å²) in [6.07, 6.45) is 5.10. The Bertz CT molecular complexity index is 1860. The van der Waals surface area contributed by atoms with Crippen LogP contribution in [0.25, 0.3) is 0 Å². The molecule has 264 valence electrons. The second kappa shape index (κ2) is 17.6. The second-order valence-electron chi connectivity index (χ2n) is 12.2. The van der Waals surface area contributed by atoms with E-state index in [0.717, 1.165) is 42.0 Å². The first-order valence-corrected chi connectivity index (χ1v) is 19.6. The van der Waals surface area contributed by atoms with Gasteiger partial charge in [-0.2, -0.15) is 0 Å². The molecule has 0 aromatic heterocycles. The lowest BCUT2D eigenvalue weighted by Crippen LogP contribution is -2.55. The lowest BCUT2D eigenvalue weighted by molar-refractivity contribution is -0.140. The molecule has 8 nitrogen and oxygen atoms in total. The van der Waals surface area contributed by atoms with Crippen LogP contribution in [0.4, 0.5) is 5.69 Å². The maximum atomic E-state index is 14.8. The van der Waals surface area contributed by atoms with Gasteiger partial charge in [-0.15, -0.1) is 0 Å². The summed E-state index contributed by atoms with van der Waals surface area (Å²) in [5.74, 6) is -0.296. The summed E-state index contributed by atoms with van der Waals surface area (Å²) in [4.78, 5) is 30.5. The number of ether oxygens (including phenoxy) is 1. The Kier molecular flexibility index (Phi) is 13.2. The van der Waals surface area contributed by atoms with Crippen molar-refractivity contribution in [2.75, 3.05) is 17.5 Å². The molecular formula is C38H40BrCl2N3O5S. The Morgan fingerprint density at radius 1 is 0.880 bits per heavy atom. The highest BCUT2D eigenvalue weighted by atomic mass is 79.9. The van der Waals surface area contributed by atoms with Gasteiger partial charge in [0.05, 0.1) is 27.2 Å². The number of rotatable bonds is 14. The number of hydrogen-bond donors (Lipinski definition) is 1. The zero-order chi connectivity index (χ0) is 35.7. The summed E-state index contributed by atoms with van der Waals surface area (Å²) in [6.45, 7) is 1.71. The highest BCUT2D eigenvalue weighted by molar-refractivity contribution is 9.10. The van der Waals surface area contributed by atoms with Crippen LogP contribution in [0, 0.1) is 0 Å². The van der Waals surface area contributed by atoms with E-state index in [4.69, 9.17) is 27.9 Å². The number of hydrogen-bond acceptors (Lipinski definition) is 5. The molecule has 2 amide bonds. The van der Waals surface area contributed by atoms with Crippen LogP contribution in [-0.4, -0.2) is 50.4 Å². The molecule has 1 saturated carbocycles. The van der Waals surface area contributed by atoms with Crippen molar-refractivity contribution in [3.63, 3.8) is 0 Å². The second-order valence-corrected chi connectivity index (χ2v) is 15.8. The molecular weight excluding hydrogens is 761 g/mol. The fraction of sp³-hybridized carbons (Fsp3) is 0.316. The number of nitrogens with zero attached hydrogens (tertiary/aromatic N) is 2. The molecule has 50 heavy (non-hydrogen) atoms. The van der Waals surface area contributed by atoms with Crippen LogP contribution in [0.5, 0.6) is 5.75 Å². The average Bonchev–Trinajstić information content (AvgIpc) is 3.11. The van der Waals surface area contributed by atoms with Crippen molar-refractivity contribution in [3.05, 3.63) is 123 Å². The Labute approximate surface area is 312 Å². The van der Waals surface area contributed by atoms with Gasteiger partial charge >= 0.3 is 0 Å². The number of sulfonamides is 1. The summed E-state index contributed by atoms with van der Waals surface area (Å²) in [6, 6.07) is 26.3. The Morgan fingerprint density at radius 3 is 2.20 bits per heavy atom. The van der Waals surface area contributed by atoms with E-state index in [2.05, 4.69) is 21.2 Å². The van der Waals surface area contributed by atoms with Crippen molar-refractivity contribution < 1.29 is 22.7 Å². The smallest absolute Gasteiger partial charge is 0.264 e. The third kappa shape index (κ3) is 9.81. The third-order valence-corrected chi connectivity index (χ3v) is 11.7. The Balaban J connectivity index is 1.57. The van der Waals surface area contributed by atoms with Gasteiger partial charge in [0.2, 0.25) is 11.8 Å². The number of carbonyl (C=O) groups excluding carboxylic acids is 2. The quantitative estimate of drug-likeness (QED) is 0.138. The zero-order valence-electron chi connectivity index (χ0n) is 27.7. The average molecular weight is 802 g/mol. The lowest BCUT2D eigenvalue weighted by atomic mass is 9.94. The van der Waals surface area contributed by atoms with Crippen LogP contribution >= 0.6 is 39.1 Å². The first-order chi connectivity index (χ1) is 24.0. The standard InChI is InChI=1S/C38H40BrCl2N3O5S/c1-2-49-32-18-16-31(17-19-32)44(50(47,48)33-20-14-29(39)15-21-33)26-37(45)43(25-28-13-22-34(40)35(41)23-28)36(24-27-9-5-3-6-10-27)38(46)42-30-11-7-4-8-12-30/h3,5-6,9-10,13-23,30,36H,2,4,7-8,11-12,24-26H2,1H3,(H,42,46). The first-order valence-electron chi connectivity index (χ1n) is 16.6. The molecule has 0 spiro atoms. The molecule has 0 heterocycles. The summed E-state index contributed by atoms with van der Waals surface area (Å²) >= 11 is 16.0. The fourth-order valence-corrected chi connectivity index (χ4v) is 8.07. The predicted molar refractivity (Wildman–Crippen MR) is 202 cm³/mol. The van der Waals surface area contributed by atoms with Gasteiger partial charge < -0.3 is 15.0 Å². The van der Waals surface area contributed by atoms with Crippen LogP contribution in [0.15, 0.2) is 106 Å². The van der Waals surface area contributed by atoms with Crippen molar-refractivity contribution in [3.8, 4) is 5.75 Å². The van der Waals surface area contributed by atoms with Gasteiger partial charge in [-0.25, -0.2) is 8.42 Å². The molecule has 1 N–H and O–H groups in total. The van der Waals surface area contributed by atoms with Gasteiger partial charge in [0, 0.05) is 23.5 Å². The highest BCUT2D eigenvalue weighted by Crippen LogP contribution is 2.29. The number of amides is 2. The number of benzene rings is 4. The number of carbonyl (C=O) groups is 2. The van der Waals surface area contributed by atoms with Crippen LogP contribution in [-0.2, 0) is 32.6 Å². The maximum Gasteiger partial charge on any atom is 0.264 e.